The van der Waals surface area contributed by atoms with Crippen molar-refractivity contribution in [1.29, 1.82) is 0 Å². The monoisotopic (exact) mass is 512 g/mol. The third-order valence-corrected chi connectivity index (χ3v) is 7.82. The van der Waals surface area contributed by atoms with Gasteiger partial charge in [0.1, 0.15) is 11.5 Å². The maximum atomic E-state index is 13.0. The van der Waals surface area contributed by atoms with Crippen LogP contribution in [0.5, 0.6) is 0 Å². The van der Waals surface area contributed by atoms with E-state index in [0.29, 0.717) is 23.7 Å². The number of anilines is 1. The van der Waals surface area contributed by atoms with Crippen molar-refractivity contribution in [1.82, 2.24) is 9.78 Å². The van der Waals surface area contributed by atoms with Crippen molar-refractivity contribution in [3.8, 4) is 0 Å². The Morgan fingerprint density at radius 2 is 2.03 bits per heavy atom. The van der Waals surface area contributed by atoms with Crippen LogP contribution >= 0.6 is 23.4 Å². The number of carbonyl (C=O) groups is 1. The Morgan fingerprint density at radius 3 is 2.67 bits per heavy atom. The molecule has 0 fully saturated rings. The zero-order valence-electron chi connectivity index (χ0n) is 18.4. The number of nitrogens with zero attached hydrogens (tertiary/aromatic N) is 4. The van der Waals surface area contributed by atoms with E-state index in [1.165, 1.54) is 23.9 Å². The molecule has 1 heterocycles. The number of benzene rings is 1. The number of hydrogen-bond acceptors (Lipinski definition) is 6. The molecule has 0 unspecified atom stereocenters. The summed E-state index contributed by atoms with van der Waals surface area (Å²) in [5, 5.41) is 4.47. The fourth-order valence-corrected chi connectivity index (χ4v) is 5.72. The fraction of sp³-hybridized carbons (Fsp3) is 0.318. The molecule has 1 amide bonds. The molecule has 0 aliphatic rings. The summed E-state index contributed by atoms with van der Waals surface area (Å²) in [5.41, 5.74) is 1.29. The van der Waals surface area contributed by atoms with Gasteiger partial charge in [-0.3, -0.25) is 9.79 Å². The van der Waals surface area contributed by atoms with E-state index in [0.717, 1.165) is 17.8 Å². The Balaban J connectivity index is 1.91. The van der Waals surface area contributed by atoms with E-state index in [9.17, 15) is 17.6 Å². The maximum absolute atomic E-state index is 13.0. The normalized spacial score (nSPS) is 12.3. The molecule has 0 spiro atoms. The van der Waals surface area contributed by atoms with Gasteiger partial charge in [0.15, 0.2) is 15.0 Å². The summed E-state index contributed by atoms with van der Waals surface area (Å²) in [7, 11) is -3.49. The largest absolute Gasteiger partial charge is 0.308 e. The molecular formula is C22H26ClFN4O3S2. The van der Waals surface area contributed by atoms with E-state index in [1.807, 2.05) is 13.8 Å². The van der Waals surface area contributed by atoms with Gasteiger partial charge in [0.05, 0.1) is 16.8 Å². The van der Waals surface area contributed by atoms with Crippen molar-refractivity contribution in [2.45, 2.75) is 25.2 Å². The quantitative estimate of drug-likeness (QED) is 0.178. The fourth-order valence-electron chi connectivity index (χ4n) is 2.83. The summed E-state index contributed by atoms with van der Waals surface area (Å²) in [6, 6.07) is 4.76. The van der Waals surface area contributed by atoms with Gasteiger partial charge in [-0.15, -0.1) is 0 Å². The Kier molecular flexibility index (Phi) is 10.3. The first-order chi connectivity index (χ1) is 15.7. The first-order valence-electron chi connectivity index (χ1n) is 10.1. The van der Waals surface area contributed by atoms with Crippen molar-refractivity contribution in [2.24, 2.45) is 4.99 Å². The minimum atomic E-state index is -3.49. The highest BCUT2D eigenvalue weighted by atomic mass is 35.5. The summed E-state index contributed by atoms with van der Waals surface area (Å²) >= 11 is 7.64. The molecule has 0 radical (unpaired) electrons. The zero-order valence-corrected chi connectivity index (χ0v) is 20.8. The molecule has 1 aromatic carbocycles. The Bertz CT molecular complexity index is 1130. The molecule has 0 saturated carbocycles. The van der Waals surface area contributed by atoms with Gasteiger partial charge < -0.3 is 4.90 Å². The number of aromatic nitrogens is 2. The molecule has 0 aliphatic heterocycles. The molecule has 0 N–H and O–H groups in total. The molecule has 0 saturated heterocycles. The van der Waals surface area contributed by atoms with E-state index in [2.05, 4.69) is 16.8 Å². The Labute approximate surface area is 202 Å². The van der Waals surface area contributed by atoms with Crippen LogP contribution in [0, 0.1) is 5.82 Å². The van der Waals surface area contributed by atoms with Crippen molar-refractivity contribution in [2.75, 3.05) is 28.7 Å². The summed E-state index contributed by atoms with van der Waals surface area (Å²) in [5.74, 6) is 0.0774. The molecule has 0 atom stereocenters. The van der Waals surface area contributed by atoms with Crippen molar-refractivity contribution >= 4 is 57.2 Å². The number of sulfone groups is 1. The van der Waals surface area contributed by atoms with E-state index in [4.69, 9.17) is 11.6 Å². The molecule has 178 valence electrons. The van der Waals surface area contributed by atoms with Crippen LogP contribution in [-0.2, 0) is 14.6 Å². The van der Waals surface area contributed by atoms with Gasteiger partial charge in [0.2, 0.25) is 5.91 Å². The van der Waals surface area contributed by atoms with Crippen LogP contribution in [0.3, 0.4) is 0 Å². The average molecular weight is 513 g/mol. The van der Waals surface area contributed by atoms with Crippen LogP contribution < -0.4 is 4.90 Å². The zero-order chi connectivity index (χ0) is 24.4. The van der Waals surface area contributed by atoms with Crippen molar-refractivity contribution in [3.63, 3.8) is 0 Å². The van der Waals surface area contributed by atoms with E-state index < -0.39 is 15.7 Å². The van der Waals surface area contributed by atoms with Gasteiger partial charge in [-0.2, -0.15) is 16.9 Å². The van der Waals surface area contributed by atoms with Crippen LogP contribution in [0.25, 0.3) is 5.70 Å². The molecule has 2 rings (SSSR count). The van der Waals surface area contributed by atoms with Gasteiger partial charge in [-0.25, -0.2) is 17.5 Å². The van der Waals surface area contributed by atoms with Crippen LogP contribution in [0.15, 0.2) is 58.7 Å². The predicted molar refractivity (Wildman–Crippen MR) is 134 cm³/mol. The lowest BCUT2D eigenvalue weighted by Gasteiger charge is -2.19. The topological polar surface area (TPSA) is 84.6 Å². The first-order valence-corrected chi connectivity index (χ1v) is 13.3. The Hall–Kier alpha value is -2.43. The Morgan fingerprint density at radius 1 is 1.33 bits per heavy atom. The number of hydrogen-bond donors (Lipinski definition) is 0. The number of rotatable bonds is 12. The summed E-state index contributed by atoms with van der Waals surface area (Å²) in [6.45, 7) is 7.47. The van der Waals surface area contributed by atoms with E-state index >= 15 is 0 Å². The van der Waals surface area contributed by atoms with Crippen molar-refractivity contribution in [3.05, 3.63) is 59.8 Å². The number of amides is 1. The second kappa shape index (κ2) is 12.7. The highest BCUT2D eigenvalue weighted by Crippen LogP contribution is 2.26. The molecule has 0 bridgehead atoms. The lowest BCUT2D eigenvalue weighted by atomic mass is 10.3. The second-order valence-corrected chi connectivity index (χ2v) is 10.5. The van der Waals surface area contributed by atoms with E-state index in [1.54, 1.807) is 34.1 Å². The van der Waals surface area contributed by atoms with Gasteiger partial charge in [0.25, 0.3) is 0 Å². The number of halogens is 2. The van der Waals surface area contributed by atoms with Gasteiger partial charge in [-0.05, 0) is 57.0 Å². The number of allylic oxidation sites excluding steroid dienone is 3. The second-order valence-electron chi connectivity index (χ2n) is 6.86. The smallest absolute Gasteiger partial charge is 0.227 e. The molecule has 33 heavy (non-hydrogen) atoms. The molecule has 1 aromatic heterocycles. The molecule has 7 nitrogen and oxygen atoms in total. The van der Waals surface area contributed by atoms with Gasteiger partial charge in [0, 0.05) is 36.4 Å². The maximum Gasteiger partial charge on any atom is 0.227 e. The number of carbonyl (C=O) groups excluding carboxylic acids is 1. The first kappa shape index (κ1) is 26.8. The molecular weight excluding hydrogens is 487 g/mol. The number of thioether (sulfide) groups is 1. The molecule has 0 aliphatic carbocycles. The summed E-state index contributed by atoms with van der Waals surface area (Å²) in [4.78, 5) is 18.0. The lowest BCUT2D eigenvalue weighted by Crippen LogP contribution is -2.30. The van der Waals surface area contributed by atoms with Crippen LogP contribution in [-0.4, -0.2) is 54.6 Å². The third kappa shape index (κ3) is 7.83. The summed E-state index contributed by atoms with van der Waals surface area (Å²) in [6.07, 6.45) is 6.96. The van der Waals surface area contributed by atoms with Crippen LogP contribution in [0.4, 0.5) is 10.1 Å². The van der Waals surface area contributed by atoms with Gasteiger partial charge in [-0.1, -0.05) is 11.6 Å². The minimum Gasteiger partial charge on any atom is -0.308 e. The van der Waals surface area contributed by atoms with Gasteiger partial charge >= 0.3 is 0 Å². The highest BCUT2D eigenvalue weighted by Gasteiger charge is 2.20. The molecule has 11 heteroatoms. The number of aliphatic imine (C=N–C) groups is 1. The molecule has 2 aromatic rings. The standard InChI is InChI=1S/C22H26ClFN4O3S2/c1-4-27(20-16-28(26-22(20)23)17(2)6-5-12-25-3)21(29)11-13-32-14-15-33(30,31)19-9-7-18(24)8-10-19/h5-10,12,16H,3-4,11,13-15H2,1-2H3/b12-5-,17-6+. The SMILES string of the molecule is C=N/C=C\C=C(/C)n1cc(N(CC)C(=O)CCSCCS(=O)(=O)c2ccc(F)cc2)c(Cl)n1. The third-order valence-electron chi connectivity index (χ3n) is 4.58. The minimum absolute atomic E-state index is 0.0879. The average Bonchev–Trinajstić information content (AvgIpc) is 3.16. The predicted octanol–water partition coefficient (Wildman–Crippen LogP) is 4.70. The van der Waals surface area contributed by atoms with Crippen LogP contribution in [0.1, 0.15) is 20.3 Å². The summed E-state index contributed by atoms with van der Waals surface area (Å²) < 4.78 is 39.2. The highest BCUT2D eigenvalue weighted by molar-refractivity contribution is 8.00. The van der Waals surface area contributed by atoms with Crippen LogP contribution in [0.2, 0.25) is 5.15 Å². The van der Waals surface area contributed by atoms with E-state index in [-0.39, 0.29) is 28.1 Å². The van der Waals surface area contributed by atoms with Crippen molar-refractivity contribution < 1.29 is 17.6 Å². The lowest BCUT2D eigenvalue weighted by molar-refractivity contribution is -0.118.